The van der Waals surface area contributed by atoms with E-state index in [2.05, 4.69) is 10.4 Å². The van der Waals surface area contributed by atoms with Crippen molar-refractivity contribution >= 4 is 34.0 Å². The Kier molecular flexibility index (Phi) is 5.89. The first-order valence-electron chi connectivity index (χ1n) is 10.5. The van der Waals surface area contributed by atoms with Crippen molar-refractivity contribution < 1.29 is 14.5 Å². The van der Waals surface area contributed by atoms with E-state index in [1.54, 1.807) is 51.2 Å². The zero-order chi connectivity index (χ0) is 24.6. The van der Waals surface area contributed by atoms with Crippen LogP contribution >= 0.6 is 0 Å². The number of amides is 1. The number of carbonyl (C=O) groups is 1. The fourth-order valence-electron chi connectivity index (χ4n) is 3.79. The van der Waals surface area contributed by atoms with Crippen LogP contribution < -0.4 is 15.0 Å². The molecule has 2 aromatic heterocycles. The molecule has 4 rings (SSSR count). The number of fused-ring (bicyclic) bond motifs is 1. The molecule has 34 heavy (non-hydrogen) atoms. The lowest BCUT2D eigenvalue weighted by atomic mass is 10.1. The number of nitrogens with zero attached hydrogens (tertiary/aromatic N) is 5. The van der Waals surface area contributed by atoms with Crippen molar-refractivity contribution in [2.45, 2.75) is 13.8 Å². The quantitative estimate of drug-likeness (QED) is 0.337. The second-order valence-electron chi connectivity index (χ2n) is 8.05. The minimum Gasteiger partial charge on any atom is -0.494 e. The number of methoxy groups -OCH3 is 1. The molecule has 1 N–H and O–H groups in total. The van der Waals surface area contributed by atoms with Crippen LogP contribution in [0, 0.1) is 24.0 Å². The van der Waals surface area contributed by atoms with Gasteiger partial charge in [0, 0.05) is 37.2 Å². The molecule has 0 bridgehead atoms. The molecular formula is C24H24N6O4. The number of hydrogen-bond acceptors (Lipinski definition) is 7. The lowest BCUT2D eigenvalue weighted by Crippen LogP contribution is -2.17. The minimum atomic E-state index is -0.504. The van der Waals surface area contributed by atoms with E-state index in [0.29, 0.717) is 34.3 Å². The van der Waals surface area contributed by atoms with Gasteiger partial charge in [0.05, 0.1) is 17.7 Å². The molecule has 10 heteroatoms. The summed E-state index contributed by atoms with van der Waals surface area (Å²) in [4.78, 5) is 30.4. The summed E-state index contributed by atoms with van der Waals surface area (Å²) in [5.74, 6) is 1.03. The van der Waals surface area contributed by atoms with Crippen molar-refractivity contribution in [1.29, 1.82) is 0 Å². The molecule has 0 aliphatic heterocycles. The Morgan fingerprint density at radius 1 is 1.15 bits per heavy atom. The molecule has 4 aromatic rings. The number of anilines is 2. The van der Waals surface area contributed by atoms with Crippen LogP contribution in [0.15, 0.2) is 48.5 Å². The summed E-state index contributed by atoms with van der Waals surface area (Å²) in [5.41, 5.74) is 2.74. The summed E-state index contributed by atoms with van der Waals surface area (Å²) in [6.45, 7) is 3.77. The number of carbonyl (C=O) groups excluding carboxylic acids is 1. The monoisotopic (exact) mass is 460 g/mol. The van der Waals surface area contributed by atoms with Crippen LogP contribution in [-0.2, 0) is 0 Å². The van der Waals surface area contributed by atoms with E-state index in [9.17, 15) is 14.9 Å². The van der Waals surface area contributed by atoms with Gasteiger partial charge in [-0.15, -0.1) is 0 Å². The first-order valence-corrected chi connectivity index (χ1v) is 10.5. The number of nitro groups is 1. The number of pyridine rings is 1. The first-order chi connectivity index (χ1) is 16.2. The molecule has 0 aliphatic carbocycles. The maximum absolute atomic E-state index is 13.0. The van der Waals surface area contributed by atoms with E-state index in [1.807, 2.05) is 31.2 Å². The van der Waals surface area contributed by atoms with Crippen LogP contribution in [0.2, 0.25) is 0 Å². The number of aryl methyl sites for hydroxylation is 2. The molecule has 0 saturated carbocycles. The highest BCUT2D eigenvalue weighted by atomic mass is 16.6. The summed E-state index contributed by atoms with van der Waals surface area (Å²) in [5, 5.41) is 19.8. The first kappa shape index (κ1) is 22.7. The fourth-order valence-corrected chi connectivity index (χ4v) is 3.79. The van der Waals surface area contributed by atoms with Gasteiger partial charge in [-0.25, -0.2) is 4.98 Å². The van der Waals surface area contributed by atoms with Gasteiger partial charge >= 0.3 is 0 Å². The van der Waals surface area contributed by atoms with Crippen LogP contribution in [0.5, 0.6) is 5.75 Å². The van der Waals surface area contributed by atoms with Gasteiger partial charge in [0.25, 0.3) is 11.6 Å². The van der Waals surface area contributed by atoms with E-state index >= 15 is 0 Å². The molecule has 10 nitrogen and oxygen atoms in total. The Morgan fingerprint density at radius 2 is 1.91 bits per heavy atom. The highest BCUT2D eigenvalue weighted by molar-refractivity contribution is 6.05. The van der Waals surface area contributed by atoms with Crippen molar-refractivity contribution in [1.82, 2.24) is 14.8 Å². The Balaban J connectivity index is 1.74. The van der Waals surface area contributed by atoms with Gasteiger partial charge in [0.2, 0.25) is 0 Å². The number of benzene rings is 2. The largest absolute Gasteiger partial charge is 0.494 e. The molecule has 0 atom stereocenters. The van der Waals surface area contributed by atoms with Crippen LogP contribution in [0.3, 0.4) is 0 Å². The lowest BCUT2D eigenvalue weighted by Gasteiger charge is -2.14. The molecule has 0 radical (unpaired) electrons. The summed E-state index contributed by atoms with van der Waals surface area (Å²) in [6, 6.07) is 13.7. The number of aromatic nitrogens is 3. The van der Waals surface area contributed by atoms with Crippen molar-refractivity contribution in [2.75, 3.05) is 31.4 Å². The number of ether oxygens (including phenoxy) is 1. The Labute approximate surface area is 195 Å². The summed E-state index contributed by atoms with van der Waals surface area (Å²) in [7, 11) is 5.00. The molecule has 2 aromatic carbocycles. The van der Waals surface area contributed by atoms with Gasteiger partial charge in [-0.05, 0) is 43.7 Å². The van der Waals surface area contributed by atoms with Gasteiger partial charge in [-0.2, -0.15) is 9.78 Å². The van der Waals surface area contributed by atoms with Gasteiger partial charge in [0.15, 0.2) is 5.82 Å². The zero-order valence-corrected chi connectivity index (χ0v) is 19.5. The van der Waals surface area contributed by atoms with Crippen molar-refractivity contribution in [3.05, 3.63) is 75.5 Å². The number of para-hydroxylation sites is 1. The molecular weight excluding hydrogens is 436 g/mol. The molecule has 0 aliphatic rings. The Hall–Kier alpha value is -4.47. The van der Waals surface area contributed by atoms with Gasteiger partial charge < -0.3 is 15.0 Å². The van der Waals surface area contributed by atoms with E-state index in [0.717, 1.165) is 10.9 Å². The maximum atomic E-state index is 13.0. The second kappa shape index (κ2) is 8.81. The van der Waals surface area contributed by atoms with Crippen LogP contribution in [-0.4, -0.2) is 46.8 Å². The highest BCUT2D eigenvalue weighted by Crippen LogP contribution is 2.30. The van der Waals surface area contributed by atoms with Crippen molar-refractivity contribution in [3.63, 3.8) is 0 Å². The second-order valence-corrected chi connectivity index (χ2v) is 8.05. The van der Waals surface area contributed by atoms with Crippen LogP contribution in [0.4, 0.5) is 17.2 Å². The normalized spacial score (nSPS) is 10.9. The average molecular weight is 460 g/mol. The third-order valence-corrected chi connectivity index (χ3v) is 5.42. The molecule has 0 fully saturated rings. The van der Waals surface area contributed by atoms with Gasteiger partial charge in [-0.3, -0.25) is 14.9 Å². The molecule has 0 saturated heterocycles. The van der Waals surface area contributed by atoms with E-state index in [-0.39, 0.29) is 11.3 Å². The van der Waals surface area contributed by atoms with E-state index in [1.165, 1.54) is 10.7 Å². The topological polar surface area (TPSA) is 115 Å². The number of rotatable bonds is 6. The predicted octanol–water partition coefficient (Wildman–Crippen LogP) is 4.27. The molecule has 0 unspecified atom stereocenters. The number of nitro benzene ring substituents is 1. The maximum Gasteiger partial charge on any atom is 0.293 e. The fraction of sp³-hybridized carbons (Fsp3) is 0.208. The van der Waals surface area contributed by atoms with Crippen molar-refractivity contribution in [2.24, 2.45) is 0 Å². The molecule has 2 heterocycles. The number of hydrogen-bond donors (Lipinski definition) is 1. The van der Waals surface area contributed by atoms with Gasteiger partial charge in [-0.1, -0.05) is 12.1 Å². The standard InChI is InChI=1S/C24H24N6O4/c1-14-11-21(25-23-17(14)7-6-8-20(23)34-5)29-22(12-15(2)27-29)26-24(31)16-9-10-18(28(3)4)19(13-16)30(32)33/h6-13H,1-5H3,(H,26,31). The summed E-state index contributed by atoms with van der Waals surface area (Å²) in [6.07, 6.45) is 0. The van der Waals surface area contributed by atoms with Crippen LogP contribution in [0.1, 0.15) is 21.6 Å². The molecule has 0 spiro atoms. The van der Waals surface area contributed by atoms with Crippen molar-refractivity contribution in [3.8, 4) is 11.6 Å². The molecule has 1 amide bonds. The Morgan fingerprint density at radius 3 is 2.59 bits per heavy atom. The van der Waals surface area contributed by atoms with Crippen LogP contribution in [0.25, 0.3) is 16.7 Å². The highest BCUT2D eigenvalue weighted by Gasteiger charge is 2.20. The third-order valence-electron chi connectivity index (χ3n) is 5.42. The average Bonchev–Trinajstić information content (AvgIpc) is 3.17. The lowest BCUT2D eigenvalue weighted by molar-refractivity contribution is -0.384. The third kappa shape index (κ3) is 4.13. The minimum absolute atomic E-state index is 0.152. The smallest absolute Gasteiger partial charge is 0.293 e. The zero-order valence-electron chi connectivity index (χ0n) is 19.5. The van der Waals surface area contributed by atoms with E-state index in [4.69, 9.17) is 9.72 Å². The number of nitrogens with one attached hydrogen (secondary N) is 1. The van der Waals surface area contributed by atoms with E-state index < -0.39 is 10.8 Å². The van der Waals surface area contributed by atoms with Gasteiger partial charge in [0.1, 0.15) is 22.8 Å². The SMILES string of the molecule is COc1cccc2c(C)cc(-n3nc(C)cc3NC(=O)c3ccc(N(C)C)c([N+](=O)[O-])c3)nc12. The summed E-state index contributed by atoms with van der Waals surface area (Å²) < 4.78 is 7.00. The Bertz CT molecular complexity index is 1430. The molecule has 174 valence electrons. The summed E-state index contributed by atoms with van der Waals surface area (Å²) >= 11 is 0. The predicted molar refractivity (Wildman–Crippen MR) is 130 cm³/mol.